The van der Waals surface area contributed by atoms with Gasteiger partial charge in [0.25, 0.3) is 0 Å². The maximum absolute atomic E-state index is 7.88. The fourth-order valence-electron chi connectivity index (χ4n) is 1.75. The molecule has 2 N–H and O–H groups in total. The van der Waals surface area contributed by atoms with Crippen LogP contribution in [0.5, 0.6) is 5.88 Å². The van der Waals surface area contributed by atoms with Gasteiger partial charge in [0.15, 0.2) is 0 Å². The Morgan fingerprint density at radius 3 is 2.48 bits per heavy atom. The van der Waals surface area contributed by atoms with E-state index in [0.717, 1.165) is 0 Å². The van der Waals surface area contributed by atoms with E-state index in [4.69, 9.17) is 15.6 Å². The molecule has 0 unspecified atom stereocenters. The Hall–Kier alpha value is -3.74. The molecule has 2 rings (SSSR count). The van der Waals surface area contributed by atoms with E-state index in [-0.39, 0.29) is 17.5 Å². The number of ether oxygens (including phenoxy) is 1. The minimum absolute atomic E-state index is 0.157. The zero-order chi connectivity index (χ0) is 18.1. The smallest absolute Gasteiger partial charge is 0.240 e. The van der Waals surface area contributed by atoms with Crippen LogP contribution in [-0.2, 0) is 0 Å². The lowest BCUT2D eigenvalue weighted by Crippen LogP contribution is -2.08. The Bertz CT molecular complexity index is 838. The van der Waals surface area contributed by atoms with Crippen LogP contribution in [0.15, 0.2) is 79.1 Å². The predicted molar refractivity (Wildman–Crippen MR) is 97.5 cm³/mol. The number of nitrogens with one attached hydrogen (secondary N) is 2. The van der Waals surface area contributed by atoms with Gasteiger partial charge in [-0.1, -0.05) is 19.2 Å². The molecule has 0 aliphatic heterocycles. The minimum Gasteiger partial charge on any atom is -0.420 e. The van der Waals surface area contributed by atoms with Crippen LogP contribution in [0.25, 0.3) is 0 Å². The van der Waals surface area contributed by atoms with Gasteiger partial charge in [0, 0.05) is 24.5 Å². The summed E-state index contributed by atoms with van der Waals surface area (Å²) in [6.07, 6.45) is 7.31. The molecule has 2 heterocycles. The fourth-order valence-corrected chi connectivity index (χ4v) is 1.75. The second-order valence-corrected chi connectivity index (χ2v) is 4.59. The van der Waals surface area contributed by atoms with Crippen molar-refractivity contribution in [1.29, 1.82) is 10.8 Å². The summed E-state index contributed by atoms with van der Waals surface area (Å²) in [7, 11) is 0. The van der Waals surface area contributed by atoms with E-state index in [0.29, 0.717) is 17.1 Å². The number of hydrogen-bond acceptors (Lipinski definition) is 7. The van der Waals surface area contributed by atoms with Crippen molar-refractivity contribution < 1.29 is 4.74 Å². The first-order valence-corrected chi connectivity index (χ1v) is 7.23. The van der Waals surface area contributed by atoms with E-state index in [1.807, 2.05) is 0 Å². The molecule has 0 saturated heterocycles. The highest BCUT2D eigenvalue weighted by molar-refractivity contribution is 6.08. The lowest BCUT2D eigenvalue weighted by molar-refractivity contribution is 0.517. The molecule has 0 aliphatic carbocycles. The zero-order valence-electron chi connectivity index (χ0n) is 13.4. The highest BCUT2D eigenvalue weighted by atomic mass is 16.5. The lowest BCUT2D eigenvalue weighted by atomic mass is 10.2. The zero-order valence-corrected chi connectivity index (χ0v) is 13.4. The van der Waals surface area contributed by atoms with Crippen LogP contribution in [0.2, 0.25) is 0 Å². The molecule has 0 aliphatic rings. The van der Waals surface area contributed by atoms with E-state index in [2.05, 4.69) is 33.3 Å². The van der Waals surface area contributed by atoms with Gasteiger partial charge in [-0.05, 0) is 30.4 Å². The van der Waals surface area contributed by atoms with Crippen molar-refractivity contribution >= 4 is 17.3 Å². The van der Waals surface area contributed by atoms with Crippen LogP contribution >= 0.6 is 0 Å². The molecule has 2 aromatic heterocycles. The Balaban J connectivity index is 2.00. The predicted octanol–water partition coefficient (Wildman–Crippen LogP) is 2.97. The highest BCUT2D eigenvalue weighted by Gasteiger charge is 2.05. The monoisotopic (exact) mass is 332 g/mol. The molecule has 0 fully saturated rings. The lowest BCUT2D eigenvalue weighted by Gasteiger charge is -2.03. The Morgan fingerprint density at radius 2 is 1.88 bits per heavy atom. The maximum Gasteiger partial charge on any atom is 0.240 e. The number of aliphatic imine (C=N–C) groups is 1. The van der Waals surface area contributed by atoms with Gasteiger partial charge in [-0.15, -0.1) is 10.2 Å². The van der Waals surface area contributed by atoms with Gasteiger partial charge in [-0.25, -0.2) is 0 Å². The number of hydrogen-bond donors (Lipinski definition) is 2. The third-order valence-corrected chi connectivity index (χ3v) is 2.88. The molecule has 0 amide bonds. The molecular weight excluding hydrogens is 316 g/mol. The van der Waals surface area contributed by atoms with Crippen LogP contribution in [0.4, 0.5) is 0 Å². The van der Waals surface area contributed by atoms with Crippen LogP contribution in [0, 0.1) is 10.8 Å². The molecule has 25 heavy (non-hydrogen) atoms. The quantitative estimate of drug-likeness (QED) is 0.600. The molecule has 2 aromatic rings. The van der Waals surface area contributed by atoms with Gasteiger partial charge in [0.05, 0.1) is 17.1 Å². The second-order valence-electron chi connectivity index (χ2n) is 4.59. The van der Waals surface area contributed by atoms with Gasteiger partial charge in [-0.3, -0.25) is 20.8 Å². The topological polar surface area (TPSA) is 108 Å². The number of allylic oxidation sites excluding steroid dienone is 2. The van der Waals surface area contributed by atoms with E-state index < -0.39 is 0 Å². The van der Waals surface area contributed by atoms with Crippen LogP contribution in [-0.4, -0.2) is 32.5 Å². The summed E-state index contributed by atoms with van der Waals surface area (Å²) < 4.78 is 5.25. The molecule has 7 heteroatoms. The van der Waals surface area contributed by atoms with Crippen LogP contribution < -0.4 is 4.74 Å². The van der Waals surface area contributed by atoms with Crippen molar-refractivity contribution in [1.82, 2.24) is 15.2 Å². The summed E-state index contributed by atoms with van der Waals surface area (Å²) in [4.78, 5) is 8.07. The SMILES string of the molecule is C=CN=C(C=C)c1ccc(OC(=N)/C=C\C(=N)c2ccccn2)nn1. The van der Waals surface area contributed by atoms with Gasteiger partial charge < -0.3 is 4.74 Å². The number of nitrogens with zero attached hydrogens (tertiary/aromatic N) is 4. The third-order valence-electron chi connectivity index (χ3n) is 2.88. The summed E-state index contributed by atoms with van der Waals surface area (Å²) in [6, 6.07) is 8.49. The average Bonchev–Trinajstić information content (AvgIpc) is 2.65. The molecule has 0 radical (unpaired) electrons. The Kier molecular flexibility index (Phi) is 6.18. The fraction of sp³-hybridized carbons (Fsp3) is 0. The average molecular weight is 332 g/mol. The Morgan fingerprint density at radius 1 is 1.04 bits per heavy atom. The van der Waals surface area contributed by atoms with Gasteiger partial charge in [0.2, 0.25) is 11.8 Å². The van der Waals surface area contributed by atoms with E-state index in [9.17, 15) is 0 Å². The molecule has 0 spiro atoms. The molecule has 0 saturated carbocycles. The summed E-state index contributed by atoms with van der Waals surface area (Å²) in [5, 5.41) is 23.5. The summed E-state index contributed by atoms with van der Waals surface area (Å²) in [5.74, 6) is -0.0174. The first-order chi connectivity index (χ1) is 12.1. The Labute approximate surface area is 145 Å². The molecule has 0 aromatic carbocycles. The van der Waals surface area contributed by atoms with Crippen molar-refractivity contribution in [2.75, 3.05) is 0 Å². The van der Waals surface area contributed by atoms with Crippen molar-refractivity contribution in [3.05, 3.63) is 85.5 Å². The highest BCUT2D eigenvalue weighted by Crippen LogP contribution is 2.07. The van der Waals surface area contributed by atoms with Gasteiger partial charge in [-0.2, -0.15) is 0 Å². The molecule has 0 bridgehead atoms. The maximum atomic E-state index is 7.88. The number of aromatic nitrogens is 3. The molecule has 0 atom stereocenters. The number of rotatable bonds is 7. The molecular formula is C18H16N6O. The standard InChI is InChI=1S/C18H16N6O/c1-3-14(21-4-2)16-9-11-18(24-23-16)25-17(20)10-8-13(19)15-7-5-6-12-22-15/h3-12,19-20H,1-2H2/b10-8-,19-13?,20-17?,21-14?. The van der Waals surface area contributed by atoms with Crippen molar-refractivity contribution in [3.63, 3.8) is 0 Å². The first-order valence-electron chi connectivity index (χ1n) is 7.23. The minimum atomic E-state index is -0.175. The van der Waals surface area contributed by atoms with E-state index >= 15 is 0 Å². The number of pyridine rings is 1. The van der Waals surface area contributed by atoms with Crippen molar-refractivity contribution in [2.45, 2.75) is 0 Å². The largest absolute Gasteiger partial charge is 0.420 e. The normalized spacial score (nSPS) is 11.1. The van der Waals surface area contributed by atoms with Crippen molar-refractivity contribution in [3.8, 4) is 5.88 Å². The van der Waals surface area contributed by atoms with Crippen LogP contribution in [0.3, 0.4) is 0 Å². The molecule has 7 nitrogen and oxygen atoms in total. The summed E-state index contributed by atoms with van der Waals surface area (Å²) >= 11 is 0. The van der Waals surface area contributed by atoms with Gasteiger partial charge >= 0.3 is 0 Å². The van der Waals surface area contributed by atoms with E-state index in [1.54, 1.807) is 42.6 Å². The van der Waals surface area contributed by atoms with Gasteiger partial charge in [0.1, 0.15) is 5.69 Å². The van der Waals surface area contributed by atoms with Crippen molar-refractivity contribution in [2.24, 2.45) is 4.99 Å². The summed E-state index contributed by atoms with van der Waals surface area (Å²) in [5.41, 5.74) is 1.73. The first kappa shape index (κ1) is 17.6. The molecule has 124 valence electrons. The second kappa shape index (κ2) is 8.78. The van der Waals surface area contributed by atoms with Crippen LogP contribution in [0.1, 0.15) is 11.4 Å². The summed E-state index contributed by atoms with van der Waals surface area (Å²) in [6.45, 7) is 7.17. The van der Waals surface area contributed by atoms with E-state index in [1.165, 1.54) is 18.4 Å². The third kappa shape index (κ3) is 5.14.